The van der Waals surface area contributed by atoms with Gasteiger partial charge in [0, 0.05) is 39.4 Å². The number of rotatable bonds is 13. The van der Waals surface area contributed by atoms with Crippen LogP contribution in [0.15, 0.2) is 60.0 Å². The lowest BCUT2D eigenvalue weighted by atomic mass is 10.00. The van der Waals surface area contributed by atoms with Crippen molar-refractivity contribution in [2.24, 2.45) is 16.9 Å². The van der Waals surface area contributed by atoms with Gasteiger partial charge in [0.25, 0.3) is 5.91 Å². The molecule has 2 heterocycles. The van der Waals surface area contributed by atoms with Gasteiger partial charge in [-0.25, -0.2) is 4.39 Å². The highest BCUT2D eigenvalue weighted by atomic mass is 32.1. The van der Waals surface area contributed by atoms with Crippen LogP contribution in [0.5, 0.6) is 11.5 Å². The number of nitrogens with one attached hydrogen (secondary N) is 3. The Morgan fingerprint density at radius 3 is 2.43 bits per heavy atom. The minimum Gasteiger partial charge on any atom is -0.457 e. The molecular formula is C31H35FN6O5S. The largest absolute Gasteiger partial charge is 0.457 e. The van der Waals surface area contributed by atoms with Crippen molar-refractivity contribution in [1.29, 1.82) is 5.41 Å². The lowest BCUT2D eigenvalue weighted by molar-refractivity contribution is -0.139. The summed E-state index contributed by atoms with van der Waals surface area (Å²) in [6.45, 7) is 2.71. The third-order valence-electron chi connectivity index (χ3n) is 7.94. The van der Waals surface area contributed by atoms with E-state index in [1.54, 1.807) is 40.6 Å². The average molecular weight is 623 g/mol. The minimum atomic E-state index is -0.725. The molecule has 1 saturated heterocycles. The van der Waals surface area contributed by atoms with Gasteiger partial charge in [0.15, 0.2) is 0 Å². The van der Waals surface area contributed by atoms with Crippen molar-refractivity contribution in [3.63, 3.8) is 0 Å². The van der Waals surface area contributed by atoms with E-state index in [0.29, 0.717) is 55.2 Å². The Hall–Kier alpha value is -4.33. The Bertz CT molecular complexity index is 1530. The number of nitrogens with two attached hydrogens (primary N) is 2. The van der Waals surface area contributed by atoms with Gasteiger partial charge in [-0.2, -0.15) is 0 Å². The SMILES string of the molecule is C[C@@H](NC(=O)[C@@H]1C[C@]2(COCCN)CC2N1C(=O)CNC(=O)c1ccc(Oc2ccc(F)cc2)cc1)c1cc(C(=N)N)cs1. The van der Waals surface area contributed by atoms with Crippen molar-refractivity contribution in [2.45, 2.75) is 37.9 Å². The first-order chi connectivity index (χ1) is 21.1. The number of amides is 3. The molecule has 1 aromatic heterocycles. The van der Waals surface area contributed by atoms with E-state index >= 15 is 0 Å². The standard InChI is InChI=1S/C31H35FN6O5S/c1-18(25-12-20(16-44-25)28(34)35)37-30(41)24-13-31(17-42-11-10-33)14-26(31)38(24)27(39)15-36-29(40)19-2-6-22(7-3-19)43-23-8-4-21(32)5-9-23/h2-9,12,16,18,24,26H,10-11,13-15,17,33H2,1H3,(H3,34,35)(H,36,40)(H,37,41)/t18-,24+,26?,31-/m1/s1. The van der Waals surface area contributed by atoms with Gasteiger partial charge in [-0.1, -0.05) is 0 Å². The molecule has 0 bridgehead atoms. The number of thiophene rings is 1. The van der Waals surface area contributed by atoms with E-state index in [9.17, 15) is 18.8 Å². The average Bonchev–Trinajstić information content (AvgIpc) is 3.33. The summed E-state index contributed by atoms with van der Waals surface area (Å²) in [5, 5.41) is 15.1. The number of nitrogen functional groups attached to an aromatic ring is 1. The summed E-state index contributed by atoms with van der Waals surface area (Å²) in [5.41, 5.74) is 11.8. The Kier molecular flexibility index (Phi) is 9.28. The molecule has 5 rings (SSSR count). The molecular weight excluding hydrogens is 587 g/mol. The lowest BCUT2D eigenvalue weighted by Gasteiger charge is -2.28. The zero-order valence-electron chi connectivity index (χ0n) is 24.2. The number of carbonyl (C=O) groups is 3. The number of hydrogen-bond donors (Lipinski definition) is 5. The monoisotopic (exact) mass is 622 g/mol. The molecule has 0 spiro atoms. The summed E-state index contributed by atoms with van der Waals surface area (Å²) in [7, 11) is 0. The number of carbonyl (C=O) groups excluding carboxylic acids is 3. The third kappa shape index (κ3) is 6.90. The van der Waals surface area contributed by atoms with E-state index in [0.717, 1.165) is 4.88 Å². The summed E-state index contributed by atoms with van der Waals surface area (Å²) in [6.07, 6.45) is 1.15. The fourth-order valence-electron chi connectivity index (χ4n) is 5.54. The second-order valence-corrected chi connectivity index (χ2v) is 12.0. The summed E-state index contributed by atoms with van der Waals surface area (Å²) in [5.74, 6) is -0.607. The number of hydrogen-bond acceptors (Lipinski definition) is 8. The van der Waals surface area contributed by atoms with Gasteiger partial charge in [0.2, 0.25) is 11.8 Å². The van der Waals surface area contributed by atoms with Crippen LogP contribution in [0.2, 0.25) is 0 Å². The maximum atomic E-state index is 13.5. The zero-order chi connectivity index (χ0) is 31.4. The molecule has 3 amide bonds. The zero-order valence-corrected chi connectivity index (χ0v) is 25.0. The quantitative estimate of drug-likeness (QED) is 0.111. The summed E-state index contributed by atoms with van der Waals surface area (Å²) in [4.78, 5) is 42.3. The van der Waals surface area contributed by atoms with E-state index < -0.39 is 11.9 Å². The molecule has 13 heteroatoms. The molecule has 1 aliphatic carbocycles. The molecule has 7 N–H and O–H groups in total. The second kappa shape index (κ2) is 13.1. The number of fused-ring (bicyclic) bond motifs is 1. The number of piperidine rings is 1. The predicted octanol–water partition coefficient (Wildman–Crippen LogP) is 2.91. The van der Waals surface area contributed by atoms with E-state index in [1.807, 2.05) is 6.92 Å². The highest BCUT2D eigenvalue weighted by Gasteiger charge is 2.67. The van der Waals surface area contributed by atoms with Crippen LogP contribution in [0, 0.1) is 16.6 Å². The van der Waals surface area contributed by atoms with Crippen molar-refractivity contribution in [2.75, 3.05) is 26.3 Å². The van der Waals surface area contributed by atoms with Crippen LogP contribution in [-0.4, -0.2) is 66.8 Å². The van der Waals surface area contributed by atoms with Gasteiger partial charge in [-0.05, 0) is 74.4 Å². The van der Waals surface area contributed by atoms with E-state index in [-0.39, 0.29) is 47.5 Å². The van der Waals surface area contributed by atoms with Crippen LogP contribution in [-0.2, 0) is 14.3 Å². The van der Waals surface area contributed by atoms with E-state index in [1.165, 1.54) is 35.6 Å². The Morgan fingerprint density at radius 1 is 1.11 bits per heavy atom. The van der Waals surface area contributed by atoms with Crippen LogP contribution >= 0.6 is 11.3 Å². The fraction of sp³-hybridized carbons (Fsp3) is 0.355. The first-order valence-electron chi connectivity index (χ1n) is 14.2. The number of likely N-dealkylation sites (tertiary alicyclic amines) is 1. The van der Waals surface area contributed by atoms with Crippen LogP contribution in [0.25, 0.3) is 0 Å². The number of amidine groups is 1. The van der Waals surface area contributed by atoms with Crippen LogP contribution in [0.3, 0.4) is 0 Å². The molecule has 2 fully saturated rings. The summed E-state index contributed by atoms with van der Waals surface area (Å²) >= 11 is 1.39. The molecule has 1 unspecified atom stereocenters. The molecule has 1 aliphatic heterocycles. The third-order valence-corrected chi connectivity index (χ3v) is 9.06. The molecule has 0 radical (unpaired) electrons. The highest BCUT2D eigenvalue weighted by molar-refractivity contribution is 7.10. The van der Waals surface area contributed by atoms with Crippen LogP contribution < -0.4 is 26.8 Å². The fourth-order valence-corrected chi connectivity index (χ4v) is 6.46. The Morgan fingerprint density at radius 2 is 1.80 bits per heavy atom. The number of halogens is 1. The van der Waals surface area contributed by atoms with Gasteiger partial charge in [0.1, 0.15) is 29.2 Å². The first kappa shape index (κ1) is 31.1. The topological polar surface area (TPSA) is 173 Å². The maximum absolute atomic E-state index is 13.5. The van der Waals surface area contributed by atoms with Crippen molar-refractivity contribution in [1.82, 2.24) is 15.5 Å². The second-order valence-electron chi connectivity index (χ2n) is 11.1. The molecule has 1 saturated carbocycles. The predicted molar refractivity (Wildman–Crippen MR) is 163 cm³/mol. The highest BCUT2D eigenvalue weighted by Crippen LogP contribution is 2.59. The summed E-state index contributed by atoms with van der Waals surface area (Å²) in [6, 6.07) is 12.4. The molecule has 232 valence electrons. The number of benzene rings is 2. The van der Waals surface area contributed by atoms with Gasteiger partial charge >= 0.3 is 0 Å². The normalized spacial score (nSPS) is 20.8. The van der Waals surface area contributed by atoms with Crippen molar-refractivity contribution in [3.05, 3.63) is 81.8 Å². The van der Waals surface area contributed by atoms with E-state index in [2.05, 4.69) is 10.6 Å². The molecule has 2 aliphatic rings. The van der Waals surface area contributed by atoms with Crippen molar-refractivity contribution >= 4 is 34.9 Å². The smallest absolute Gasteiger partial charge is 0.251 e. The summed E-state index contributed by atoms with van der Waals surface area (Å²) < 4.78 is 24.5. The van der Waals surface area contributed by atoms with Crippen LogP contribution in [0.4, 0.5) is 4.39 Å². The van der Waals surface area contributed by atoms with Crippen molar-refractivity contribution in [3.8, 4) is 11.5 Å². The van der Waals surface area contributed by atoms with Gasteiger partial charge in [0.05, 0.1) is 25.8 Å². The first-order valence-corrected chi connectivity index (χ1v) is 15.1. The molecule has 4 atom stereocenters. The molecule has 44 heavy (non-hydrogen) atoms. The van der Waals surface area contributed by atoms with Gasteiger partial charge < -0.3 is 36.5 Å². The van der Waals surface area contributed by atoms with Crippen molar-refractivity contribution < 1.29 is 28.2 Å². The lowest BCUT2D eigenvalue weighted by Crippen LogP contribution is -2.51. The Balaban J connectivity index is 1.21. The molecule has 3 aromatic rings. The molecule has 2 aromatic carbocycles. The molecule has 11 nitrogen and oxygen atoms in total. The number of nitrogens with zero attached hydrogens (tertiary/aromatic N) is 1. The van der Waals surface area contributed by atoms with Gasteiger partial charge in [-0.3, -0.25) is 19.8 Å². The van der Waals surface area contributed by atoms with Gasteiger partial charge in [-0.15, -0.1) is 11.3 Å². The Labute approximate surface area is 258 Å². The number of ether oxygens (including phenoxy) is 2. The minimum absolute atomic E-state index is 0.0468. The van der Waals surface area contributed by atoms with E-state index in [4.69, 9.17) is 26.4 Å². The van der Waals surface area contributed by atoms with Crippen LogP contribution in [0.1, 0.15) is 46.6 Å². The maximum Gasteiger partial charge on any atom is 0.251 e.